The van der Waals surface area contributed by atoms with Crippen LogP contribution in [0.2, 0.25) is 5.02 Å². The molecule has 2 N–H and O–H groups in total. The predicted octanol–water partition coefficient (Wildman–Crippen LogP) is 6.59. The minimum absolute atomic E-state index is 0.106. The standard InChI is InChI=1S/C24H24ClF3N4OS2/c1-15-14-29-21-19(7-6-18(25)20(15)21)30-35-34-17-4-2-16(3-5-17)23(8-9-23)32-12-10-31(11-13-32)22(33)24(26,27)28/h2-7,14,29-30H,8-13H2,1H3. The zero-order valence-corrected chi connectivity index (χ0v) is 21.3. The maximum Gasteiger partial charge on any atom is 0.471 e. The quantitative estimate of drug-likeness (QED) is 0.273. The number of nitrogens with one attached hydrogen (secondary N) is 2. The van der Waals surface area contributed by atoms with Gasteiger partial charge in [-0.3, -0.25) is 9.69 Å². The summed E-state index contributed by atoms with van der Waals surface area (Å²) in [4.78, 5) is 19.0. The Morgan fingerprint density at radius 1 is 1.09 bits per heavy atom. The summed E-state index contributed by atoms with van der Waals surface area (Å²) in [5, 5.41) is 1.74. The third-order valence-corrected chi connectivity index (χ3v) is 9.04. The number of aryl methyl sites for hydroxylation is 1. The highest BCUT2D eigenvalue weighted by Gasteiger charge is 2.51. The van der Waals surface area contributed by atoms with E-state index in [9.17, 15) is 18.0 Å². The fourth-order valence-electron chi connectivity index (χ4n) is 4.81. The normalized spacial score (nSPS) is 18.1. The van der Waals surface area contributed by atoms with Crippen LogP contribution in [0.15, 0.2) is 47.5 Å². The molecule has 186 valence electrons. The van der Waals surface area contributed by atoms with E-state index in [0.717, 1.165) is 49.8 Å². The molecule has 2 fully saturated rings. The molecular weight excluding hydrogens is 517 g/mol. The number of halogens is 4. The lowest BCUT2D eigenvalue weighted by atomic mass is 10.0. The lowest BCUT2D eigenvalue weighted by Crippen LogP contribution is -2.54. The minimum Gasteiger partial charge on any atom is -0.359 e. The number of fused-ring (bicyclic) bond motifs is 1. The lowest BCUT2D eigenvalue weighted by Gasteiger charge is -2.40. The molecule has 2 aliphatic rings. The summed E-state index contributed by atoms with van der Waals surface area (Å²) in [7, 11) is 3.13. The molecule has 5 nitrogen and oxygen atoms in total. The van der Waals surface area contributed by atoms with Crippen LogP contribution >= 0.6 is 33.4 Å². The van der Waals surface area contributed by atoms with Crippen molar-refractivity contribution in [2.24, 2.45) is 0 Å². The molecule has 0 radical (unpaired) electrons. The molecule has 2 heterocycles. The van der Waals surface area contributed by atoms with Crippen LogP contribution in [0.3, 0.4) is 0 Å². The number of carbonyl (C=O) groups is 1. The van der Waals surface area contributed by atoms with Crippen LogP contribution in [0.25, 0.3) is 10.9 Å². The second-order valence-corrected chi connectivity index (χ2v) is 11.3. The summed E-state index contributed by atoms with van der Waals surface area (Å²) in [6.07, 6.45) is -0.907. The number of benzene rings is 2. The van der Waals surface area contributed by atoms with Crippen molar-refractivity contribution in [2.75, 3.05) is 30.9 Å². The molecule has 0 bridgehead atoms. The van der Waals surface area contributed by atoms with Gasteiger partial charge in [-0.2, -0.15) is 13.2 Å². The average molecular weight is 541 g/mol. The number of anilines is 1. The Labute approximate surface area is 214 Å². The first-order valence-corrected chi connectivity index (χ1v) is 13.8. The third-order valence-electron chi connectivity index (χ3n) is 6.80. The van der Waals surface area contributed by atoms with Gasteiger partial charge < -0.3 is 14.6 Å². The number of piperazine rings is 1. The van der Waals surface area contributed by atoms with Crippen molar-refractivity contribution in [1.29, 1.82) is 0 Å². The first kappa shape index (κ1) is 24.7. The van der Waals surface area contributed by atoms with E-state index in [0.29, 0.717) is 13.1 Å². The van der Waals surface area contributed by atoms with Crippen molar-refractivity contribution < 1.29 is 18.0 Å². The maximum atomic E-state index is 12.7. The van der Waals surface area contributed by atoms with Gasteiger partial charge in [0, 0.05) is 59.2 Å². The van der Waals surface area contributed by atoms with Gasteiger partial charge in [0.2, 0.25) is 0 Å². The van der Waals surface area contributed by atoms with Crippen molar-refractivity contribution in [2.45, 2.75) is 36.4 Å². The smallest absolute Gasteiger partial charge is 0.359 e. The van der Waals surface area contributed by atoms with Gasteiger partial charge in [0.05, 0.1) is 16.2 Å². The SMILES string of the molecule is Cc1c[nH]c2c(NSSc3ccc(C4(N5CCN(C(=O)C(F)(F)F)CC5)CC4)cc3)ccc(Cl)c12. The van der Waals surface area contributed by atoms with Crippen LogP contribution in [-0.2, 0) is 10.3 Å². The predicted molar refractivity (Wildman–Crippen MR) is 137 cm³/mol. The van der Waals surface area contributed by atoms with Crippen molar-refractivity contribution >= 4 is 55.9 Å². The molecule has 1 aliphatic heterocycles. The van der Waals surface area contributed by atoms with Gasteiger partial charge in [-0.1, -0.05) is 23.7 Å². The van der Waals surface area contributed by atoms with E-state index in [4.69, 9.17) is 11.6 Å². The van der Waals surface area contributed by atoms with Gasteiger partial charge >= 0.3 is 12.1 Å². The van der Waals surface area contributed by atoms with Gasteiger partial charge in [0.25, 0.3) is 0 Å². The molecule has 35 heavy (non-hydrogen) atoms. The maximum absolute atomic E-state index is 12.7. The second kappa shape index (κ2) is 9.46. The number of aromatic amines is 1. The molecule has 1 aliphatic carbocycles. The fourth-order valence-corrected chi connectivity index (χ4v) is 6.78. The minimum atomic E-state index is -4.81. The Kier molecular flexibility index (Phi) is 6.67. The average Bonchev–Trinajstić information content (AvgIpc) is 3.56. The summed E-state index contributed by atoms with van der Waals surface area (Å²) < 4.78 is 41.6. The van der Waals surface area contributed by atoms with Crippen LogP contribution in [0, 0.1) is 6.92 Å². The van der Waals surface area contributed by atoms with Crippen LogP contribution < -0.4 is 4.72 Å². The van der Waals surface area contributed by atoms with Gasteiger partial charge in [-0.15, -0.1) is 0 Å². The zero-order valence-electron chi connectivity index (χ0n) is 18.9. The molecule has 2 aromatic carbocycles. The summed E-state index contributed by atoms with van der Waals surface area (Å²) in [6, 6.07) is 12.2. The van der Waals surface area contributed by atoms with Gasteiger partial charge in [-0.05, 0) is 66.0 Å². The van der Waals surface area contributed by atoms with Gasteiger partial charge in [-0.25, -0.2) is 0 Å². The first-order valence-electron chi connectivity index (χ1n) is 11.3. The topological polar surface area (TPSA) is 51.4 Å². The van der Waals surface area contributed by atoms with E-state index in [2.05, 4.69) is 38.9 Å². The Morgan fingerprint density at radius 3 is 2.40 bits per heavy atom. The zero-order chi connectivity index (χ0) is 24.8. The van der Waals surface area contributed by atoms with Gasteiger partial charge in [0.1, 0.15) is 0 Å². The number of carbonyl (C=O) groups excluding carboxylic acids is 1. The molecule has 11 heteroatoms. The molecule has 1 saturated carbocycles. The highest BCUT2D eigenvalue weighted by molar-refractivity contribution is 8.77. The Morgan fingerprint density at radius 2 is 1.77 bits per heavy atom. The Hall–Kier alpha value is -2.01. The highest BCUT2D eigenvalue weighted by atomic mass is 35.5. The van der Waals surface area contributed by atoms with E-state index in [-0.39, 0.29) is 18.6 Å². The van der Waals surface area contributed by atoms with Crippen LogP contribution in [0.1, 0.15) is 24.0 Å². The summed E-state index contributed by atoms with van der Waals surface area (Å²) in [5.41, 5.74) is 4.10. The molecule has 0 unspecified atom stereocenters. The summed E-state index contributed by atoms with van der Waals surface area (Å²) >= 11 is 6.33. The summed E-state index contributed by atoms with van der Waals surface area (Å²) in [6.45, 7) is 3.13. The van der Waals surface area contributed by atoms with Crippen molar-refractivity contribution in [3.63, 3.8) is 0 Å². The molecule has 0 spiro atoms. The largest absolute Gasteiger partial charge is 0.471 e. The van der Waals surface area contributed by atoms with Crippen molar-refractivity contribution in [3.05, 3.63) is 58.7 Å². The molecular formula is C24H24ClF3N4OS2. The van der Waals surface area contributed by atoms with Gasteiger partial charge in [0.15, 0.2) is 0 Å². The number of aromatic nitrogens is 1. The Balaban J connectivity index is 1.18. The molecule has 5 rings (SSSR count). The van der Waals surface area contributed by atoms with Crippen LogP contribution in [0.5, 0.6) is 0 Å². The fraction of sp³-hybridized carbons (Fsp3) is 0.375. The monoisotopic (exact) mass is 540 g/mol. The van der Waals surface area contributed by atoms with E-state index in [1.54, 1.807) is 10.8 Å². The number of hydrogen-bond donors (Lipinski definition) is 2. The molecule has 3 aromatic rings. The molecule has 1 aromatic heterocycles. The lowest BCUT2D eigenvalue weighted by molar-refractivity contribution is -0.187. The number of rotatable bonds is 6. The molecule has 1 amide bonds. The number of H-pyrrole nitrogens is 1. The first-order chi connectivity index (χ1) is 16.7. The summed E-state index contributed by atoms with van der Waals surface area (Å²) in [5.74, 6) is -1.74. The number of nitrogens with zero attached hydrogens (tertiary/aromatic N) is 2. The highest BCUT2D eigenvalue weighted by Crippen LogP contribution is 2.51. The van der Waals surface area contributed by atoms with Crippen LogP contribution in [-0.4, -0.2) is 53.0 Å². The van der Waals surface area contributed by atoms with Crippen LogP contribution in [0.4, 0.5) is 18.9 Å². The third kappa shape index (κ3) is 4.85. The van der Waals surface area contributed by atoms with Crippen molar-refractivity contribution in [3.8, 4) is 0 Å². The number of hydrogen-bond acceptors (Lipinski definition) is 5. The van der Waals surface area contributed by atoms with E-state index >= 15 is 0 Å². The molecule has 0 atom stereocenters. The number of alkyl halides is 3. The molecule has 1 saturated heterocycles. The van der Waals surface area contributed by atoms with Crippen molar-refractivity contribution in [1.82, 2.24) is 14.8 Å². The number of amides is 1. The van der Waals surface area contributed by atoms with E-state index < -0.39 is 12.1 Å². The van der Waals surface area contributed by atoms with E-state index in [1.807, 2.05) is 25.3 Å². The second-order valence-electron chi connectivity index (χ2n) is 8.92. The Bertz CT molecular complexity index is 1240. The van der Waals surface area contributed by atoms with E-state index in [1.165, 1.54) is 16.5 Å².